The second kappa shape index (κ2) is 9.50. The molecule has 2 atom stereocenters. The van der Waals surface area contributed by atoms with Crippen molar-refractivity contribution >= 4 is 29.0 Å². The Kier molecular flexibility index (Phi) is 7.66. The van der Waals surface area contributed by atoms with Gasteiger partial charge in [0.1, 0.15) is 0 Å². The van der Waals surface area contributed by atoms with Crippen LogP contribution < -0.4 is 10.6 Å². The smallest absolute Gasteiger partial charge is 0.315 e. The molecule has 0 aliphatic carbocycles. The van der Waals surface area contributed by atoms with Crippen LogP contribution in [0.25, 0.3) is 0 Å². The first-order valence-corrected chi connectivity index (χ1v) is 9.70. The maximum Gasteiger partial charge on any atom is 0.315 e. The quantitative estimate of drug-likeness (QED) is 0.725. The molecule has 0 radical (unpaired) electrons. The zero-order chi connectivity index (χ0) is 16.7. The number of piperidine rings is 1. The molecule has 23 heavy (non-hydrogen) atoms. The Hall–Kier alpha value is -0.780. The van der Waals surface area contributed by atoms with Crippen molar-refractivity contribution in [3.05, 3.63) is 21.3 Å². The summed E-state index contributed by atoms with van der Waals surface area (Å²) in [6.07, 6.45) is 3.52. The number of unbranched alkanes of at least 4 members (excludes halogenated alkanes) is 1. The van der Waals surface area contributed by atoms with E-state index in [0.717, 1.165) is 47.0 Å². The minimum absolute atomic E-state index is 0.102. The lowest BCUT2D eigenvalue weighted by molar-refractivity contribution is 0.139. The van der Waals surface area contributed by atoms with E-state index in [2.05, 4.69) is 29.4 Å². The van der Waals surface area contributed by atoms with Crippen molar-refractivity contribution in [1.82, 2.24) is 15.5 Å². The summed E-state index contributed by atoms with van der Waals surface area (Å²) in [6.45, 7) is 9.54. The Balaban J connectivity index is 1.50. The van der Waals surface area contributed by atoms with E-state index in [4.69, 9.17) is 11.6 Å². The minimum Gasteiger partial charge on any atom is -0.338 e. The van der Waals surface area contributed by atoms with E-state index in [-0.39, 0.29) is 6.03 Å². The standard InChI is InChI=1S/C17H28ClN3OS/c1-13-9-14(2)12-21(11-13)8-4-3-7-19-17(22)20-10-15-5-6-16(18)23-15/h5-6,13-14H,3-4,7-12H2,1-2H3,(H2,19,20,22). The molecule has 2 N–H and O–H groups in total. The van der Waals surface area contributed by atoms with Crippen LogP contribution in [0.15, 0.2) is 12.1 Å². The molecule has 0 spiro atoms. The molecule has 130 valence electrons. The number of hydrogen-bond donors (Lipinski definition) is 2. The van der Waals surface area contributed by atoms with Crippen molar-refractivity contribution < 1.29 is 4.79 Å². The van der Waals surface area contributed by atoms with E-state index < -0.39 is 0 Å². The van der Waals surface area contributed by atoms with Crippen molar-refractivity contribution in [2.75, 3.05) is 26.2 Å². The summed E-state index contributed by atoms with van der Waals surface area (Å²) in [7, 11) is 0. The van der Waals surface area contributed by atoms with Crippen LogP contribution in [0.4, 0.5) is 4.79 Å². The Morgan fingerprint density at radius 1 is 1.26 bits per heavy atom. The number of amides is 2. The molecule has 0 bridgehead atoms. The number of halogens is 1. The van der Waals surface area contributed by atoms with Gasteiger partial charge in [-0.15, -0.1) is 11.3 Å². The van der Waals surface area contributed by atoms with Crippen molar-refractivity contribution in [3.8, 4) is 0 Å². The Morgan fingerprint density at radius 2 is 2.00 bits per heavy atom. The zero-order valence-electron chi connectivity index (χ0n) is 14.1. The monoisotopic (exact) mass is 357 g/mol. The molecule has 6 heteroatoms. The number of thiophene rings is 1. The van der Waals surface area contributed by atoms with Gasteiger partial charge in [0.2, 0.25) is 0 Å². The maximum absolute atomic E-state index is 11.7. The fourth-order valence-electron chi connectivity index (χ4n) is 3.31. The number of nitrogens with zero attached hydrogens (tertiary/aromatic N) is 1. The molecule has 0 aromatic carbocycles. The Labute approximate surface area is 148 Å². The summed E-state index contributed by atoms with van der Waals surface area (Å²) < 4.78 is 0.753. The van der Waals surface area contributed by atoms with Crippen LogP contribution in [0, 0.1) is 11.8 Å². The molecule has 2 unspecified atom stereocenters. The molecule has 1 aliphatic heterocycles. The maximum atomic E-state index is 11.7. The first-order chi connectivity index (χ1) is 11.0. The summed E-state index contributed by atoms with van der Waals surface area (Å²) in [6, 6.07) is 3.69. The van der Waals surface area contributed by atoms with E-state index in [1.165, 1.54) is 30.8 Å². The van der Waals surface area contributed by atoms with Gasteiger partial charge in [-0.3, -0.25) is 0 Å². The van der Waals surface area contributed by atoms with E-state index in [0.29, 0.717) is 6.54 Å². The van der Waals surface area contributed by atoms with Crippen molar-refractivity contribution in [1.29, 1.82) is 0 Å². The fraction of sp³-hybridized carbons (Fsp3) is 0.706. The second-order valence-electron chi connectivity index (χ2n) is 6.73. The second-order valence-corrected chi connectivity index (χ2v) is 8.53. The number of urea groups is 1. The lowest BCUT2D eigenvalue weighted by Crippen LogP contribution is -2.39. The van der Waals surface area contributed by atoms with Crippen LogP contribution in [0.5, 0.6) is 0 Å². The highest BCUT2D eigenvalue weighted by Crippen LogP contribution is 2.21. The van der Waals surface area contributed by atoms with Crippen molar-refractivity contribution in [2.45, 2.75) is 39.7 Å². The van der Waals surface area contributed by atoms with Gasteiger partial charge in [-0.25, -0.2) is 4.79 Å². The summed E-state index contributed by atoms with van der Waals surface area (Å²) in [5.41, 5.74) is 0. The van der Waals surface area contributed by atoms with Crippen LogP contribution in [0.3, 0.4) is 0 Å². The predicted octanol–water partition coefficient (Wildman–Crippen LogP) is 3.96. The largest absolute Gasteiger partial charge is 0.338 e. The molecular formula is C17H28ClN3OS. The van der Waals surface area contributed by atoms with Gasteiger partial charge in [-0.1, -0.05) is 25.4 Å². The third-order valence-electron chi connectivity index (χ3n) is 4.18. The molecule has 1 aromatic heterocycles. The number of hydrogen-bond acceptors (Lipinski definition) is 3. The Morgan fingerprint density at radius 3 is 2.65 bits per heavy atom. The van der Waals surface area contributed by atoms with Gasteiger partial charge in [-0.2, -0.15) is 0 Å². The number of likely N-dealkylation sites (tertiary alicyclic amines) is 1. The van der Waals surface area contributed by atoms with E-state index in [9.17, 15) is 4.79 Å². The van der Waals surface area contributed by atoms with Gasteiger partial charge in [-0.05, 0) is 49.8 Å². The van der Waals surface area contributed by atoms with Gasteiger partial charge in [0.25, 0.3) is 0 Å². The van der Waals surface area contributed by atoms with Gasteiger partial charge < -0.3 is 15.5 Å². The topological polar surface area (TPSA) is 44.4 Å². The third-order valence-corrected chi connectivity index (χ3v) is 5.41. The molecule has 2 heterocycles. The molecule has 1 aliphatic rings. The molecule has 2 amide bonds. The molecule has 0 saturated carbocycles. The van der Waals surface area contributed by atoms with Crippen molar-refractivity contribution in [2.24, 2.45) is 11.8 Å². The van der Waals surface area contributed by atoms with E-state index in [1.807, 2.05) is 12.1 Å². The summed E-state index contributed by atoms with van der Waals surface area (Å²) in [4.78, 5) is 15.3. The number of nitrogens with one attached hydrogen (secondary N) is 2. The normalized spacial score (nSPS) is 22.0. The van der Waals surface area contributed by atoms with Crippen LogP contribution in [-0.2, 0) is 6.54 Å². The van der Waals surface area contributed by atoms with E-state index >= 15 is 0 Å². The predicted molar refractivity (Wildman–Crippen MR) is 98.2 cm³/mol. The molecule has 1 aromatic rings. The van der Waals surface area contributed by atoms with Crippen LogP contribution in [0.2, 0.25) is 4.34 Å². The SMILES string of the molecule is CC1CC(C)CN(CCCCNC(=O)NCc2ccc(Cl)s2)C1. The highest BCUT2D eigenvalue weighted by molar-refractivity contribution is 7.16. The van der Waals surface area contributed by atoms with Gasteiger partial charge in [0.05, 0.1) is 10.9 Å². The minimum atomic E-state index is -0.102. The van der Waals surface area contributed by atoms with Gasteiger partial charge in [0.15, 0.2) is 0 Å². The summed E-state index contributed by atoms with van der Waals surface area (Å²) >= 11 is 7.36. The van der Waals surface area contributed by atoms with Crippen molar-refractivity contribution in [3.63, 3.8) is 0 Å². The molecule has 2 rings (SSSR count). The van der Waals surface area contributed by atoms with Crippen LogP contribution in [0.1, 0.15) is 38.0 Å². The highest BCUT2D eigenvalue weighted by atomic mass is 35.5. The lowest BCUT2D eigenvalue weighted by Gasteiger charge is -2.34. The zero-order valence-corrected chi connectivity index (χ0v) is 15.7. The lowest BCUT2D eigenvalue weighted by atomic mass is 9.92. The molecule has 1 fully saturated rings. The fourth-order valence-corrected chi connectivity index (χ4v) is 4.34. The average Bonchev–Trinajstić information content (AvgIpc) is 2.89. The van der Waals surface area contributed by atoms with Crippen LogP contribution in [-0.4, -0.2) is 37.1 Å². The molecule has 4 nitrogen and oxygen atoms in total. The summed E-state index contributed by atoms with van der Waals surface area (Å²) in [5, 5.41) is 5.77. The average molecular weight is 358 g/mol. The van der Waals surface area contributed by atoms with Gasteiger partial charge >= 0.3 is 6.03 Å². The van der Waals surface area contributed by atoms with E-state index in [1.54, 1.807) is 0 Å². The Bertz CT molecular complexity index is 484. The molecule has 1 saturated heterocycles. The number of rotatable bonds is 7. The van der Waals surface area contributed by atoms with Crippen LogP contribution >= 0.6 is 22.9 Å². The highest BCUT2D eigenvalue weighted by Gasteiger charge is 2.20. The number of carbonyl (C=O) groups excluding carboxylic acids is 1. The first kappa shape index (κ1) is 18.6. The number of carbonyl (C=O) groups is 1. The third kappa shape index (κ3) is 7.10. The molecular weight excluding hydrogens is 330 g/mol. The first-order valence-electron chi connectivity index (χ1n) is 8.51. The summed E-state index contributed by atoms with van der Waals surface area (Å²) in [5.74, 6) is 1.63. The van der Waals surface area contributed by atoms with Gasteiger partial charge in [0, 0.05) is 24.5 Å².